The predicted octanol–water partition coefficient (Wildman–Crippen LogP) is 4.06. The lowest BCUT2D eigenvalue weighted by Crippen LogP contribution is -2.41. The number of carbonyl (C=O) groups excluding carboxylic acids is 1. The normalized spacial score (nSPS) is 16.1. The summed E-state index contributed by atoms with van der Waals surface area (Å²) in [4.78, 5) is 14.0. The number of anilines is 1. The summed E-state index contributed by atoms with van der Waals surface area (Å²) in [6, 6.07) is 12.9. The largest absolute Gasteiger partial charge is 0.325 e. The number of aryl methyl sites for hydroxylation is 2. The highest BCUT2D eigenvalue weighted by molar-refractivity contribution is 7.98. The Kier molecular flexibility index (Phi) is 6.47. The second-order valence-electron chi connectivity index (χ2n) is 7.11. The maximum absolute atomic E-state index is 12.9. The second kappa shape index (κ2) is 8.68. The third-order valence-electron chi connectivity index (χ3n) is 5.25. The molecule has 0 unspecified atom stereocenters. The summed E-state index contributed by atoms with van der Waals surface area (Å²) in [5, 5.41) is 3.04. The Labute approximate surface area is 171 Å². The SMILES string of the molecule is CSc1ccc(S(=O)(=O)N2CCC(C(=O)Nc3c(C)cccc3C)CC2)cc1. The fraction of sp³-hybridized carbons (Fsp3) is 0.381. The number of sulfonamides is 1. The maximum Gasteiger partial charge on any atom is 0.243 e. The number of carbonyl (C=O) groups is 1. The van der Waals surface area contributed by atoms with Gasteiger partial charge in [0.1, 0.15) is 0 Å². The number of piperidine rings is 1. The lowest BCUT2D eigenvalue weighted by Gasteiger charge is -2.30. The highest BCUT2D eigenvalue weighted by Gasteiger charge is 2.32. The van der Waals surface area contributed by atoms with E-state index in [1.165, 1.54) is 4.31 Å². The van der Waals surface area contributed by atoms with Crippen LogP contribution in [0.25, 0.3) is 0 Å². The topological polar surface area (TPSA) is 66.5 Å². The molecule has 1 fully saturated rings. The van der Waals surface area contributed by atoms with Crippen molar-refractivity contribution in [2.24, 2.45) is 5.92 Å². The summed E-state index contributed by atoms with van der Waals surface area (Å²) in [5.74, 6) is -0.205. The zero-order chi connectivity index (χ0) is 20.3. The molecule has 7 heteroatoms. The number of hydrogen-bond acceptors (Lipinski definition) is 4. The van der Waals surface area contributed by atoms with Gasteiger partial charge in [0, 0.05) is 29.6 Å². The number of nitrogens with one attached hydrogen (secondary N) is 1. The summed E-state index contributed by atoms with van der Waals surface area (Å²) >= 11 is 1.58. The van der Waals surface area contributed by atoms with E-state index in [2.05, 4.69) is 5.32 Å². The van der Waals surface area contributed by atoms with Gasteiger partial charge >= 0.3 is 0 Å². The third kappa shape index (κ3) is 4.42. The monoisotopic (exact) mass is 418 g/mol. The van der Waals surface area contributed by atoms with Gasteiger partial charge in [-0.15, -0.1) is 11.8 Å². The minimum atomic E-state index is -3.52. The number of benzene rings is 2. The second-order valence-corrected chi connectivity index (χ2v) is 9.93. The van der Waals surface area contributed by atoms with Crippen molar-refractivity contribution in [2.45, 2.75) is 36.5 Å². The first kappa shape index (κ1) is 20.9. The molecular weight excluding hydrogens is 392 g/mol. The van der Waals surface area contributed by atoms with Crippen molar-refractivity contribution in [3.05, 3.63) is 53.6 Å². The van der Waals surface area contributed by atoms with Gasteiger partial charge in [-0.3, -0.25) is 4.79 Å². The lowest BCUT2D eigenvalue weighted by molar-refractivity contribution is -0.120. The van der Waals surface area contributed by atoms with E-state index in [0.717, 1.165) is 21.7 Å². The Bertz CT molecular complexity index is 928. The molecule has 1 heterocycles. The number of para-hydroxylation sites is 1. The molecular formula is C21H26N2O3S2. The minimum absolute atomic E-state index is 0.0289. The van der Waals surface area contributed by atoms with E-state index in [1.807, 2.05) is 50.4 Å². The molecule has 150 valence electrons. The summed E-state index contributed by atoms with van der Waals surface area (Å²) < 4.78 is 27.2. The molecule has 1 saturated heterocycles. The fourth-order valence-electron chi connectivity index (χ4n) is 3.49. The number of rotatable bonds is 5. The Balaban J connectivity index is 1.64. The Hall–Kier alpha value is -1.83. The zero-order valence-corrected chi connectivity index (χ0v) is 18.1. The Morgan fingerprint density at radius 1 is 1.04 bits per heavy atom. The molecule has 28 heavy (non-hydrogen) atoms. The minimum Gasteiger partial charge on any atom is -0.325 e. The lowest BCUT2D eigenvalue weighted by atomic mass is 9.96. The average Bonchev–Trinajstić information content (AvgIpc) is 2.71. The van der Waals surface area contributed by atoms with Crippen LogP contribution in [0.5, 0.6) is 0 Å². The molecule has 0 spiro atoms. The molecule has 0 atom stereocenters. The summed E-state index contributed by atoms with van der Waals surface area (Å²) in [7, 11) is -3.52. The molecule has 0 bridgehead atoms. The fourth-order valence-corrected chi connectivity index (χ4v) is 5.37. The van der Waals surface area contributed by atoms with Crippen LogP contribution in [0.1, 0.15) is 24.0 Å². The van der Waals surface area contributed by atoms with Gasteiger partial charge in [0.25, 0.3) is 0 Å². The Morgan fingerprint density at radius 2 is 1.61 bits per heavy atom. The first-order valence-electron chi connectivity index (χ1n) is 9.34. The van der Waals surface area contributed by atoms with Crippen molar-refractivity contribution >= 4 is 33.4 Å². The molecule has 0 aliphatic carbocycles. The van der Waals surface area contributed by atoms with Gasteiger partial charge in [0.05, 0.1) is 4.90 Å². The van der Waals surface area contributed by atoms with Gasteiger partial charge in [-0.2, -0.15) is 4.31 Å². The van der Waals surface area contributed by atoms with Crippen LogP contribution in [0.3, 0.4) is 0 Å². The van der Waals surface area contributed by atoms with Crippen molar-refractivity contribution in [3.8, 4) is 0 Å². The molecule has 5 nitrogen and oxygen atoms in total. The quantitative estimate of drug-likeness (QED) is 0.744. The van der Waals surface area contributed by atoms with Crippen molar-refractivity contribution < 1.29 is 13.2 Å². The van der Waals surface area contributed by atoms with Crippen LogP contribution in [0.15, 0.2) is 52.3 Å². The average molecular weight is 419 g/mol. The summed E-state index contributed by atoms with van der Waals surface area (Å²) in [6.07, 6.45) is 3.01. The molecule has 2 aromatic rings. The van der Waals surface area contributed by atoms with Crippen molar-refractivity contribution in [1.82, 2.24) is 4.31 Å². The molecule has 2 aromatic carbocycles. The maximum atomic E-state index is 12.9. The molecule has 3 rings (SSSR count). The molecule has 0 aromatic heterocycles. The molecule has 0 radical (unpaired) electrons. The number of amides is 1. The van der Waals surface area contributed by atoms with E-state index in [1.54, 1.807) is 23.9 Å². The van der Waals surface area contributed by atoms with E-state index < -0.39 is 10.0 Å². The van der Waals surface area contributed by atoms with Crippen LogP contribution in [-0.2, 0) is 14.8 Å². The predicted molar refractivity (Wildman–Crippen MR) is 114 cm³/mol. The van der Waals surface area contributed by atoms with E-state index in [9.17, 15) is 13.2 Å². The third-order valence-corrected chi connectivity index (χ3v) is 7.91. The van der Waals surface area contributed by atoms with Gasteiger partial charge < -0.3 is 5.32 Å². The molecule has 1 N–H and O–H groups in total. The molecule has 1 aliphatic heterocycles. The Morgan fingerprint density at radius 3 is 2.14 bits per heavy atom. The van der Waals surface area contributed by atoms with E-state index in [0.29, 0.717) is 30.8 Å². The van der Waals surface area contributed by atoms with Crippen LogP contribution < -0.4 is 5.32 Å². The number of nitrogens with zero attached hydrogens (tertiary/aromatic N) is 1. The van der Waals surface area contributed by atoms with Crippen LogP contribution in [0, 0.1) is 19.8 Å². The highest BCUT2D eigenvalue weighted by atomic mass is 32.2. The first-order chi connectivity index (χ1) is 13.3. The summed E-state index contributed by atoms with van der Waals surface area (Å²) in [5.41, 5.74) is 2.92. The zero-order valence-electron chi connectivity index (χ0n) is 16.4. The van der Waals surface area contributed by atoms with Crippen molar-refractivity contribution in [3.63, 3.8) is 0 Å². The molecule has 1 amide bonds. The van der Waals surface area contributed by atoms with E-state index in [4.69, 9.17) is 0 Å². The van der Waals surface area contributed by atoms with Crippen LogP contribution in [0.4, 0.5) is 5.69 Å². The van der Waals surface area contributed by atoms with Crippen LogP contribution in [-0.4, -0.2) is 38.0 Å². The van der Waals surface area contributed by atoms with Crippen molar-refractivity contribution in [2.75, 3.05) is 24.7 Å². The van der Waals surface area contributed by atoms with Gasteiger partial charge in [-0.05, 0) is 68.3 Å². The smallest absolute Gasteiger partial charge is 0.243 e. The van der Waals surface area contributed by atoms with E-state index >= 15 is 0 Å². The van der Waals surface area contributed by atoms with Gasteiger partial charge in [-0.1, -0.05) is 18.2 Å². The summed E-state index contributed by atoms with van der Waals surface area (Å²) in [6.45, 7) is 4.66. The van der Waals surface area contributed by atoms with Gasteiger partial charge in [0.15, 0.2) is 0 Å². The highest BCUT2D eigenvalue weighted by Crippen LogP contribution is 2.27. The number of thioether (sulfide) groups is 1. The van der Waals surface area contributed by atoms with Gasteiger partial charge in [-0.25, -0.2) is 8.42 Å². The number of hydrogen-bond donors (Lipinski definition) is 1. The van der Waals surface area contributed by atoms with Crippen LogP contribution in [0.2, 0.25) is 0 Å². The standard InChI is InChI=1S/C21H26N2O3S2/c1-15-5-4-6-16(2)20(15)22-21(24)17-11-13-23(14-12-17)28(25,26)19-9-7-18(27-3)8-10-19/h4-10,17H,11-14H2,1-3H3,(H,22,24). The van der Waals surface area contributed by atoms with Crippen LogP contribution >= 0.6 is 11.8 Å². The molecule has 1 aliphatic rings. The molecule has 0 saturated carbocycles. The van der Waals surface area contributed by atoms with Crippen molar-refractivity contribution in [1.29, 1.82) is 0 Å². The first-order valence-corrected chi connectivity index (χ1v) is 12.0. The van der Waals surface area contributed by atoms with E-state index in [-0.39, 0.29) is 11.8 Å². The van der Waals surface area contributed by atoms with Gasteiger partial charge in [0.2, 0.25) is 15.9 Å².